The topological polar surface area (TPSA) is 55.5 Å². The third-order valence-electron chi connectivity index (χ3n) is 2.36. The first-order valence-electron chi connectivity index (χ1n) is 4.63. The first-order chi connectivity index (χ1) is 6.16. The number of nitrogens with zero attached hydrogens (tertiary/aromatic N) is 1. The van der Waals surface area contributed by atoms with Gasteiger partial charge in [-0.1, -0.05) is 20.3 Å². The second-order valence-corrected chi connectivity index (χ2v) is 4.39. The maximum absolute atomic E-state index is 11.7. The molecule has 4 heteroatoms. The Kier molecular flexibility index (Phi) is 3.93. The van der Waals surface area contributed by atoms with Crippen molar-refractivity contribution >= 4 is 22.6 Å². The lowest BCUT2D eigenvalue weighted by molar-refractivity contribution is -0.114. The van der Waals surface area contributed by atoms with Crippen LogP contribution >= 0.6 is 11.8 Å². The van der Waals surface area contributed by atoms with Gasteiger partial charge in [-0.25, -0.2) is 0 Å². The van der Waals surface area contributed by atoms with Gasteiger partial charge in [0.25, 0.3) is 0 Å². The van der Waals surface area contributed by atoms with Crippen LogP contribution in [0.2, 0.25) is 0 Å². The Labute approximate surface area is 83.2 Å². The molecular formula is C9H16N2OS. The van der Waals surface area contributed by atoms with Crippen LogP contribution in [0.4, 0.5) is 0 Å². The molecule has 0 aromatic heterocycles. The lowest BCUT2D eigenvalue weighted by Gasteiger charge is -2.16. The quantitative estimate of drug-likeness (QED) is 0.738. The number of carbonyl (C=O) groups excluding carboxylic acids is 1. The van der Waals surface area contributed by atoms with Crippen molar-refractivity contribution in [3.05, 3.63) is 0 Å². The number of Topliss-reactive ketones (excluding diaryl/α,β-unsaturated/α-hetero) is 1. The molecule has 0 saturated heterocycles. The highest BCUT2D eigenvalue weighted by molar-refractivity contribution is 8.16. The van der Waals surface area contributed by atoms with E-state index in [1.807, 2.05) is 13.8 Å². The molecule has 0 aromatic carbocycles. The van der Waals surface area contributed by atoms with Gasteiger partial charge in [-0.3, -0.25) is 9.79 Å². The minimum absolute atomic E-state index is 0.0249. The number of thioether (sulfide) groups is 1. The number of nitrogens with two attached hydrogens (primary N) is 1. The number of aliphatic imine (C=N–C) groups is 1. The molecule has 0 unspecified atom stereocenters. The minimum Gasteiger partial charge on any atom is -0.321 e. The average molecular weight is 200 g/mol. The Hall–Kier alpha value is -0.350. The van der Waals surface area contributed by atoms with Gasteiger partial charge < -0.3 is 5.73 Å². The number of hydrogen-bond acceptors (Lipinski definition) is 4. The molecule has 1 aliphatic rings. The molecule has 0 saturated carbocycles. The predicted octanol–water partition coefficient (Wildman–Crippen LogP) is 1.07. The van der Waals surface area contributed by atoms with Crippen LogP contribution in [0.25, 0.3) is 0 Å². The standard InChI is InChI=1S/C9H16N2OS/c1-3-6(2)7(10)8(12)9-11-4-5-13-9/h6-7H,3-5,10H2,1-2H3/t6-,7+/m1/s1. The monoisotopic (exact) mass is 200 g/mol. The number of hydrogen-bond donors (Lipinski definition) is 1. The third kappa shape index (κ3) is 2.54. The normalized spacial score (nSPS) is 21.0. The summed E-state index contributed by atoms with van der Waals surface area (Å²) in [7, 11) is 0. The van der Waals surface area contributed by atoms with Crippen LogP contribution in [0.3, 0.4) is 0 Å². The molecular weight excluding hydrogens is 184 g/mol. The summed E-state index contributed by atoms with van der Waals surface area (Å²) < 4.78 is 0. The van der Waals surface area contributed by atoms with Gasteiger partial charge in [-0.2, -0.15) is 0 Å². The van der Waals surface area contributed by atoms with Gasteiger partial charge in [0, 0.05) is 12.3 Å². The smallest absolute Gasteiger partial charge is 0.204 e. The fourth-order valence-electron chi connectivity index (χ4n) is 1.14. The van der Waals surface area contributed by atoms with Crippen molar-refractivity contribution in [1.82, 2.24) is 0 Å². The molecule has 0 fully saturated rings. The van der Waals surface area contributed by atoms with E-state index < -0.39 is 0 Å². The van der Waals surface area contributed by atoms with E-state index >= 15 is 0 Å². The predicted molar refractivity (Wildman–Crippen MR) is 57.2 cm³/mol. The van der Waals surface area contributed by atoms with Crippen LogP contribution in [0, 0.1) is 5.92 Å². The Morgan fingerprint density at radius 3 is 2.92 bits per heavy atom. The molecule has 0 bridgehead atoms. The minimum atomic E-state index is -0.366. The SMILES string of the molecule is CC[C@@H](C)[C@H](N)C(=O)C1=NCCS1. The number of rotatable bonds is 4. The summed E-state index contributed by atoms with van der Waals surface area (Å²) in [6, 6.07) is -0.366. The highest BCUT2D eigenvalue weighted by Crippen LogP contribution is 2.16. The van der Waals surface area contributed by atoms with Gasteiger partial charge in [0.15, 0.2) is 0 Å². The highest BCUT2D eigenvalue weighted by atomic mass is 32.2. The van der Waals surface area contributed by atoms with Crippen LogP contribution in [-0.4, -0.2) is 29.2 Å². The molecule has 0 aromatic rings. The van der Waals surface area contributed by atoms with Crippen molar-refractivity contribution < 1.29 is 4.79 Å². The molecule has 2 N–H and O–H groups in total. The number of carbonyl (C=O) groups is 1. The van der Waals surface area contributed by atoms with Crippen LogP contribution < -0.4 is 5.73 Å². The Bertz CT molecular complexity index is 228. The highest BCUT2D eigenvalue weighted by Gasteiger charge is 2.25. The molecule has 0 aliphatic carbocycles. The summed E-state index contributed by atoms with van der Waals surface area (Å²) in [4.78, 5) is 15.8. The van der Waals surface area contributed by atoms with E-state index in [1.54, 1.807) is 0 Å². The number of ketones is 1. The molecule has 13 heavy (non-hydrogen) atoms. The van der Waals surface area contributed by atoms with Crippen LogP contribution in [0.1, 0.15) is 20.3 Å². The second kappa shape index (κ2) is 4.77. The van der Waals surface area contributed by atoms with E-state index in [9.17, 15) is 4.79 Å². The molecule has 1 aliphatic heterocycles. The molecule has 0 spiro atoms. The van der Waals surface area contributed by atoms with E-state index in [1.165, 1.54) is 11.8 Å². The van der Waals surface area contributed by atoms with Crippen molar-refractivity contribution in [3.8, 4) is 0 Å². The van der Waals surface area contributed by atoms with E-state index in [2.05, 4.69) is 4.99 Å². The maximum atomic E-state index is 11.7. The zero-order valence-electron chi connectivity index (χ0n) is 8.12. The van der Waals surface area contributed by atoms with E-state index in [0.29, 0.717) is 5.04 Å². The van der Waals surface area contributed by atoms with Crippen molar-refractivity contribution in [2.45, 2.75) is 26.3 Å². The molecule has 1 heterocycles. The summed E-state index contributed by atoms with van der Waals surface area (Å²) in [5.74, 6) is 1.20. The zero-order valence-corrected chi connectivity index (χ0v) is 8.93. The fourth-order valence-corrected chi connectivity index (χ4v) is 1.98. The van der Waals surface area contributed by atoms with Crippen LogP contribution in [0.15, 0.2) is 4.99 Å². The molecule has 2 atom stereocenters. The Balaban J connectivity index is 2.56. The molecule has 1 rings (SSSR count). The maximum Gasteiger partial charge on any atom is 0.204 e. The third-order valence-corrected chi connectivity index (χ3v) is 3.35. The molecule has 0 amide bonds. The molecule has 3 nitrogen and oxygen atoms in total. The molecule has 74 valence electrons. The van der Waals surface area contributed by atoms with Gasteiger partial charge >= 0.3 is 0 Å². The van der Waals surface area contributed by atoms with E-state index in [0.717, 1.165) is 18.7 Å². The lowest BCUT2D eigenvalue weighted by Crippen LogP contribution is -2.39. The van der Waals surface area contributed by atoms with Gasteiger partial charge in [-0.05, 0) is 5.92 Å². The first-order valence-corrected chi connectivity index (χ1v) is 5.62. The van der Waals surface area contributed by atoms with Crippen LogP contribution in [0.5, 0.6) is 0 Å². The largest absolute Gasteiger partial charge is 0.321 e. The summed E-state index contributed by atoms with van der Waals surface area (Å²) in [5, 5.41) is 0.632. The summed E-state index contributed by atoms with van der Waals surface area (Å²) >= 11 is 1.53. The van der Waals surface area contributed by atoms with E-state index in [-0.39, 0.29) is 17.7 Å². The van der Waals surface area contributed by atoms with Gasteiger partial charge in [0.1, 0.15) is 5.04 Å². The Morgan fingerprint density at radius 2 is 2.46 bits per heavy atom. The van der Waals surface area contributed by atoms with Gasteiger partial charge in [0.2, 0.25) is 5.78 Å². The summed E-state index contributed by atoms with van der Waals surface area (Å²) in [5.41, 5.74) is 5.81. The van der Waals surface area contributed by atoms with Gasteiger partial charge in [-0.15, -0.1) is 11.8 Å². The van der Waals surface area contributed by atoms with E-state index in [4.69, 9.17) is 5.73 Å². The zero-order chi connectivity index (χ0) is 9.84. The summed E-state index contributed by atoms with van der Waals surface area (Å²) in [6.07, 6.45) is 0.935. The first kappa shape index (κ1) is 10.7. The average Bonchev–Trinajstić information content (AvgIpc) is 2.67. The van der Waals surface area contributed by atoms with Crippen molar-refractivity contribution in [2.75, 3.05) is 12.3 Å². The summed E-state index contributed by atoms with van der Waals surface area (Å²) in [6.45, 7) is 4.81. The van der Waals surface area contributed by atoms with Crippen LogP contribution in [-0.2, 0) is 4.79 Å². The van der Waals surface area contributed by atoms with Crippen molar-refractivity contribution in [2.24, 2.45) is 16.6 Å². The van der Waals surface area contributed by atoms with Crippen molar-refractivity contribution in [1.29, 1.82) is 0 Å². The van der Waals surface area contributed by atoms with Gasteiger partial charge in [0.05, 0.1) is 6.04 Å². The lowest BCUT2D eigenvalue weighted by atomic mass is 9.97. The second-order valence-electron chi connectivity index (χ2n) is 3.31. The Morgan fingerprint density at radius 1 is 1.77 bits per heavy atom. The van der Waals surface area contributed by atoms with Crippen molar-refractivity contribution in [3.63, 3.8) is 0 Å². The molecule has 0 radical (unpaired) electrons. The fraction of sp³-hybridized carbons (Fsp3) is 0.778.